The molecule has 4 heterocycles. The molecule has 320 valence electrons. The topological polar surface area (TPSA) is 142 Å². The number of hydrogen-bond acceptors (Lipinski definition) is 10. The number of nitrogens with zero attached hydrogens (tertiary/aromatic N) is 3. The van der Waals surface area contributed by atoms with E-state index in [-0.39, 0.29) is 58.4 Å². The molecule has 0 amide bonds. The van der Waals surface area contributed by atoms with Crippen LogP contribution in [0.25, 0.3) is 0 Å². The number of hydrogen-bond donors (Lipinski definition) is 1. The van der Waals surface area contributed by atoms with Gasteiger partial charge in [0.1, 0.15) is 28.1 Å². The predicted molar refractivity (Wildman–Crippen MR) is 215 cm³/mol. The Morgan fingerprint density at radius 1 is 1.00 bits per heavy atom. The van der Waals surface area contributed by atoms with Gasteiger partial charge >= 0.3 is 18.6 Å². The zero-order valence-electron chi connectivity index (χ0n) is 32.6. The number of esters is 2. The summed E-state index contributed by atoms with van der Waals surface area (Å²) >= 11 is 12.8. The van der Waals surface area contributed by atoms with E-state index in [2.05, 4.69) is 4.90 Å². The van der Waals surface area contributed by atoms with Crippen LogP contribution in [0.3, 0.4) is 0 Å². The molecule has 1 N–H and O–H groups in total. The smallest absolute Gasteiger partial charge is 0.387 e. The fraction of sp³-hybridized carbons (Fsp3) is 0.395. The van der Waals surface area contributed by atoms with Gasteiger partial charge in [0.15, 0.2) is 29.9 Å². The summed E-state index contributed by atoms with van der Waals surface area (Å²) in [4.78, 5) is 39.7. The van der Waals surface area contributed by atoms with Gasteiger partial charge in [0.2, 0.25) is 0 Å². The van der Waals surface area contributed by atoms with Crippen molar-refractivity contribution in [1.82, 2.24) is 4.90 Å². The summed E-state index contributed by atoms with van der Waals surface area (Å²) < 4.78 is 64.9. The van der Waals surface area contributed by atoms with E-state index in [1.54, 1.807) is 54.4 Å². The molecule has 3 aliphatic heterocycles. The maximum atomic E-state index is 15.2. The van der Waals surface area contributed by atoms with Crippen molar-refractivity contribution >= 4 is 47.3 Å². The Hall–Kier alpha value is -5.25. The van der Waals surface area contributed by atoms with Crippen molar-refractivity contribution in [2.24, 2.45) is 11.8 Å². The van der Waals surface area contributed by atoms with E-state index in [9.17, 15) is 23.6 Å². The maximum absolute atomic E-state index is 15.2. The Morgan fingerprint density at radius 2 is 1.67 bits per heavy atom. The molecule has 3 aromatic carbocycles. The third kappa shape index (κ3) is 11.5. The number of ether oxygens (including phenoxy) is 4. The zero-order chi connectivity index (χ0) is 42.9. The molecule has 3 saturated heterocycles. The lowest BCUT2D eigenvalue weighted by atomic mass is 9.86. The summed E-state index contributed by atoms with van der Waals surface area (Å²) in [6, 6.07) is 16.2. The average molecular weight is 875 g/mol. The van der Waals surface area contributed by atoms with Gasteiger partial charge in [-0.1, -0.05) is 59.6 Å². The van der Waals surface area contributed by atoms with Gasteiger partial charge in [0.25, 0.3) is 6.47 Å². The molecule has 12 nitrogen and oxygen atoms in total. The molecular formula is C43H44Cl2F3N3O9. The second kappa shape index (κ2) is 20.3. The van der Waals surface area contributed by atoms with E-state index in [1.165, 1.54) is 24.3 Å². The van der Waals surface area contributed by atoms with Gasteiger partial charge in [-0.25, -0.2) is 9.18 Å². The van der Waals surface area contributed by atoms with Gasteiger partial charge in [0, 0.05) is 36.8 Å². The van der Waals surface area contributed by atoms with Crippen molar-refractivity contribution in [2.75, 3.05) is 38.2 Å². The highest BCUT2D eigenvalue weighted by molar-refractivity contribution is 6.35. The minimum absolute atomic E-state index is 0.0439. The van der Waals surface area contributed by atoms with Crippen LogP contribution in [0.1, 0.15) is 60.1 Å². The highest BCUT2D eigenvalue weighted by atomic mass is 35.5. The van der Waals surface area contributed by atoms with Gasteiger partial charge in [-0.3, -0.25) is 14.5 Å². The fourth-order valence-corrected chi connectivity index (χ4v) is 8.07. The van der Waals surface area contributed by atoms with Crippen LogP contribution in [-0.2, 0) is 36.7 Å². The predicted octanol–water partition coefficient (Wildman–Crippen LogP) is 7.74. The van der Waals surface area contributed by atoms with E-state index in [1.807, 2.05) is 0 Å². The van der Waals surface area contributed by atoms with Crippen molar-refractivity contribution in [1.29, 1.82) is 0 Å². The van der Waals surface area contributed by atoms with E-state index in [0.29, 0.717) is 46.2 Å². The van der Waals surface area contributed by atoms with E-state index in [0.717, 1.165) is 51.2 Å². The molecule has 17 heteroatoms. The van der Waals surface area contributed by atoms with Gasteiger partial charge in [-0.15, -0.1) is 0 Å². The number of anilines is 1. The lowest BCUT2D eigenvalue weighted by Crippen LogP contribution is -2.52. The number of halogens is 5. The number of alkyl halides is 2. The number of carbonyl (C=O) groups excluding carboxylic acids is 2. The monoisotopic (exact) mass is 873 g/mol. The van der Waals surface area contributed by atoms with Crippen LogP contribution in [0.5, 0.6) is 11.5 Å². The van der Waals surface area contributed by atoms with Crippen LogP contribution in [0, 0.1) is 22.9 Å². The minimum atomic E-state index is -3.09. The molecule has 4 aliphatic rings. The molecule has 8 rings (SSSR count). The molecule has 1 unspecified atom stereocenters. The lowest BCUT2D eigenvalue weighted by Gasteiger charge is -2.44. The number of carboxylic acid groups (broad SMARTS) is 1. The zero-order valence-corrected chi connectivity index (χ0v) is 34.1. The first-order valence-corrected chi connectivity index (χ1v) is 20.1. The van der Waals surface area contributed by atoms with Gasteiger partial charge in [-0.05, 0) is 92.1 Å². The number of rotatable bonds is 16. The molecule has 60 heavy (non-hydrogen) atoms. The first kappa shape index (κ1) is 44.3. The summed E-state index contributed by atoms with van der Waals surface area (Å²) in [6.07, 6.45) is 4.56. The Labute approximate surface area is 354 Å². The molecule has 4 fully saturated rings. The quantitative estimate of drug-likeness (QED) is 0.0512. The number of piperidine rings is 3. The van der Waals surface area contributed by atoms with E-state index < -0.39 is 36.5 Å². The standard InChI is InChI=1S/C42H42Cl2F3N3O7.CH2O2/c1-48(40(30-4-2-3-5-34(30)45)41(52)56-38-23-49-16-14-27(38)15-17-49)29-11-8-25(9-12-29)18-39(51)55-36(20-31-32(43)21-50(53)22-33(31)44)28-10-13-35(57-42(46)47)37(19-28)54-24-26-6-7-26;2-1-3/h2-5,8-13,19,21-22,26-27,36,38,40,42H,6-7,14-18,20,23-24H2,1H3;1H,(H,2,3)/t36-,38-,40?;/m0./s1. The largest absolute Gasteiger partial charge is 0.619 e. The molecular weight excluding hydrogens is 830 g/mol. The molecule has 4 aromatic rings. The van der Waals surface area contributed by atoms with Crippen LogP contribution in [-0.4, -0.2) is 74.4 Å². The van der Waals surface area contributed by atoms with Crippen LogP contribution < -0.4 is 19.1 Å². The normalized spacial score (nSPS) is 19.0. The van der Waals surface area contributed by atoms with Crippen LogP contribution in [0.15, 0.2) is 79.1 Å². The minimum Gasteiger partial charge on any atom is -0.619 e. The Bertz CT molecular complexity index is 2100. The first-order chi connectivity index (χ1) is 28.8. The second-order valence-corrected chi connectivity index (χ2v) is 15.7. The number of pyridine rings is 1. The Balaban J connectivity index is 0.00000195. The van der Waals surface area contributed by atoms with Crippen LogP contribution in [0.2, 0.25) is 10.0 Å². The third-order valence-electron chi connectivity index (χ3n) is 10.8. The van der Waals surface area contributed by atoms with Crippen molar-refractivity contribution in [2.45, 2.75) is 63.4 Å². The van der Waals surface area contributed by atoms with Gasteiger partial charge in [-0.2, -0.15) is 13.5 Å². The summed E-state index contributed by atoms with van der Waals surface area (Å²) in [7, 11) is 1.69. The van der Waals surface area contributed by atoms with Crippen molar-refractivity contribution in [3.8, 4) is 11.5 Å². The molecule has 1 saturated carbocycles. The Kier molecular flexibility index (Phi) is 15.0. The van der Waals surface area contributed by atoms with Crippen molar-refractivity contribution < 1.29 is 56.3 Å². The third-order valence-corrected chi connectivity index (χ3v) is 11.5. The van der Waals surface area contributed by atoms with Gasteiger partial charge in [0.05, 0.1) is 13.0 Å². The van der Waals surface area contributed by atoms with Gasteiger partial charge < -0.3 is 34.2 Å². The van der Waals surface area contributed by atoms with E-state index >= 15 is 4.39 Å². The first-order valence-electron chi connectivity index (χ1n) is 19.4. The van der Waals surface area contributed by atoms with Crippen LogP contribution >= 0.6 is 23.2 Å². The highest BCUT2D eigenvalue weighted by Crippen LogP contribution is 2.39. The Morgan fingerprint density at radius 3 is 2.27 bits per heavy atom. The maximum Gasteiger partial charge on any atom is 0.387 e. The number of aromatic nitrogens is 1. The number of carbonyl (C=O) groups is 3. The molecule has 0 spiro atoms. The number of fused-ring (bicyclic) bond motifs is 3. The highest BCUT2D eigenvalue weighted by Gasteiger charge is 2.39. The number of benzene rings is 3. The molecule has 3 atom stereocenters. The summed E-state index contributed by atoms with van der Waals surface area (Å²) in [5, 5.41) is 18.9. The second-order valence-electron chi connectivity index (χ2n) is 14.9. The summed E-state index contributed by atoms with van der Waals surface area (Å²) in [5.74, 6) is -1.24. The van der Waals surface area contributed by atoms with E-state index in [4.69, 9.17) is 52.1 Å². The molecule has 0 radical (unpaired) electrons. The SMILES string of the molecule is CN(c1ccc(CC(=O)O[C@@H](Cc2c(Cl)c[n+]([O-])cc2Cl)c2ccc(OC(F)F)c(OCC3CC3)c2)cc1)C(C(=O)O[C@H]1CN2CCC1CC2)c1ccccc1F.O=CO. The average Bonchev–Trinajstić information content (AvgIpc) is 4.05. The molecule has 2 bridgehead atoms. The fourth-order valence-electron chi connectivity index (χ4n) is 7.48. The summed E-state index contributed by atoms with van der Waals surface area (Å²) in [5.41, 5.74) is 2.07. The summed E-state index contributed by atoms with van der Waals surface area (Å²) in [6.45, 7) is -0.406. The van der Waals surface area contributed by atoms with Crippen LogP contribution in [0.4, 0.5) is 18.9 Å². The molecule has 1 aliphatic carbocycles. The number of likely N-dealkylation sites (N-methyl/N-ethyl adjacent to an activating group) is 1. The van der Waals surface area contributed by atoms with Crippen molar-refractivity contribution in [3.63, 3.8) is 0 Å². The van der Waals surface area contributed by atoms with Crippen molar-refractivity contribution in [3.05, 3.63) is 122 Å². The molecule has 1 aromatic heterocycles. The lowest BCUT2D eigenvalue weighted by molar-refractivity contribution is -0.605.